The largest absolute Gasteiger partial charge is 0.354 e. The number of rotatable bonds is 6. The molecular formula is C20H28N4O2S. The number of nitrogens with one attached hydrogen (secondary N) is 2. The van der Waals surface area contributed by atoms with Gasteiger partial charge < -0.3 is 15.2 Å². The molecule has 0 bridgehead atoms. The molecule has 7 heteroatoms. The van der Waals surface area contributed by atoms with Crippen LogP contribution in [0, 0.1) is 6.92 Å². The summed E-state index contributed by atoms with van der Waals surface area (Å²) >= 11 is 1.68. The van der Waals surface area contributed by atoms with Crippen molar-refractivity contribution in [2.45, 2.75) is 38.8 Å². The molecule has 3 rings (SSSR count). The molecule has 0 saturated carbocycles. The number of carbonyl (C=O) groups is 2. The molecule has 2 aromatic rings. The number of hydrogen-bond acceptors (Lipinski definition) is 4. The van der Waals surface area contributed by atoms with E-state index in [-0.39, 0.29) is 17.9 Å². The van der Waals surface area contributed by atoms with Crippen LogP contribution in [0.25, 0.3) is 0 Å². The number of amides is 2. The third-order valence-electron chi connectivity index (χ3n) is 5.34. The molecule has 0 aromatic carbocycles. The summed E-state index contributed by atoms with van der Waals surface area (Å²) in [4.78, 5) is 28.0. The SMILES string of the molecule is CNC(=O)c1ccc([C@H]2CCCCN2CC(=O)NCc2sccc2C)n1C. The highest BCUT2D eigenvalue weighted by Crippen LogP contribution is 2.31. The monoisotopic (exact) mass is 388 g/mol. The van der Waals surface area contributed by atoms with Crippen LogP contribution in [0.1, 0.15) is 51.9 Å². The van der Waals surface area contributed by atoms with E-state index >= 15 is 0 Å². The molecule has 0 aliphatic carbocycles. The zero-order valence-electron chi connectivity index (χ0n) is 16.2. The number of carbonyl (C=O) groups excluding carboxylic acids is 2. The smallest absolute Gasteiger partial charge is 0.267 e. The fourth-order valence-corrected chi connectivity index (χ4v) is 4.58. The minimum atomic E-state index is -0.0878. The Morgan fingerprint density at radius 3 is 2.78 bits per heavy atom. The van der Waals surface area contributed by atoms with Crippen molar-refractivity contribution in [3.63, 3.8) is 0 Å². The van der Waals surface area contributed by atoms with Gasteiger partial charge in [0.25, 0.3) is 5.91 Å². The van der Waals surface area contributed by atoms with Crippen LogP contribution in [0.3, 0.4) is 0 Å². The molecule has 146 valence electrons. The van der Waals surface area contributed by atoms with Crippen molar-refractivity contribution in [3.8, 4) is 0 Å². The van der Waals surface area contributed by atoms with Gasteiger partial charge >= 0.3 is 0 Å². The van der Waals surface area contributed by atoms with E-state index in [0.29, 0.717) is 18.8 Å². The van der Waals surface area contributed by atoms with E-state index in [9.17, 15) is 9.59 Å². The van der Waals surface area contributed by atoms with Crippen LogP contribution in [-0.4, -0.2) is 41.4 Å². The predicted molar refractivity (Wildman–Crippen MR) is 108 cm³/mol. The van der Waals surface area contributed by atoms with Crippen molar-refractivity contribution in [1.29, 1.82) is 0 Å². The van der Waals surface area contributed by atoms with Crippen LogP contribution >= 0.6 is 11.3 Å². The Kier molecular flexibility index (Phi) is 6.34. The van der Waals surface area contributed by atoms with E-state index in [1.54, 1.807) is 18.4 Å². The summed E-state index contributed by atoms with van der Waals surface area (Å²) in [5.41, 5.74) is 2.97. The van der Waals surface area contributed by atoms with Crippen LogP contribution in [-0.2, 0) is 18.4 Å². The lowest BCUT2D eigenvalue weighted by molar-refractivity contribution is -0.123. The van der Waals surface area contributed by atoms with Crippen molar-refractivity contribution in [3.05, 3.63) is 45.4 Å². The first-order valence-electron chi connectivity index (χ1n) is 9.42. The second-order valence-corrected chi connectivity index (χ2v) is 8.07. The Morgan fingerprint density at radius 2 is 2.07 bits per heavy atom. The molecule has 2 N–H and O–H groups in total. The summed E-state index contributed by atoms with van der Waals surface area (Å²) < 4.78 is 1.95. The third-order valence-corrected chi connectivity index (χ3v) is 6.36. The number of piperidine rings is 1. The molecule has 6 nitrogen and oxygen atoms in total. The molecule has 1 atom stereocenters. The number of aryl methyl sites for hydroxylation is 1. The normalized spacial score (nSPS) is 17.7. The number of nitrogens with zero attached hydrogens (tertiary/aromatic N) is 2. The van der Waals surface area contributed by atoms with E-state index in [1.807, 2.05) is 23.7 Å². The zero-order valence-corrected chi connectivity index (χ0v) is 17.1. The number of likely N-dealkylation sites (tertiary alicyclic amines) is 1. The van der Waals surface area contributed by atoms with E-state index in [0.717, 1.165) is 31.5 Å². The number of thiophene rings is 1. The maximum Gasteiger partial charge on any atom is 0.267 e. The average molecular weight is 389 g/mol. The van der Waals surface area contributed by atoms with Gasteiger partial charge in [-0.25, -0.2) is 0 Å². The molecule has 1 fully saturated rings. The Hall–Kier alpha value is -2.12. The highest BCUT2D eigenvalue weighted by atomic mass is 32.1. The van der Waals surface area contributed by atoms with Crippen LogP contribution in [0.15, 0.2) is 23.6 Å². The molecule has 0 unspecified atom stereocenters. The molecule has 1 aliphatic heterocycles. The summed E-state index contributed by atoms with van der Waals surface area (Å²) in [6.45, 7) is 3.94. The number of aromatic nitrogens is 1. The molecule has 1 saturated heterocycles. The third kappa shape index (κ3) is 4.42. The van der Waals surface area contributed by atoms with Gasteiger partial charge in [0.05, 0.1) is 19.1 Å². The Morgan fingerprint density at radius 1 is 1.26 bits per heavy atom. The molecule has 0 radical (unpaired) electrons. The van der Waals surface area contributed by atoms with E-state index in [2.05, 4.69) is 33.9 Å². The maximum atomic E-state index is 12.5. The second-order valence-electron chi connectivity index (χ2n) is 7.07. The molecule has 0 spiro atoms. The van der Waals surface area contributed by atoms with Gasteiger partial charge in [0.2, 0.25) is 5.91 Å². The summed E-state index contributed by atoms with van der Waals surface area (Å²) in [5, 5.41) is 7.78. The standard InChI is InChI=1S/C20H28N4O2S/c1-14-9-11-27-18(14)12-22-19(25)13-24-10-5-4-6-16(24)15-7-8-17(23(15)3)20(26)21-2/h7-9,11,16H,4-6,10,12-13H2,1-3H3,(H,21,26)(H,22,25)/t16-/m1/s1. The van der Waals surface area contributed by atoms with Gasteiger partial charge in [0.1, 0.15) is 5.69 Å². The molecule has 2 aromatic heterocycles. The first kappa shape index (κ1) is 19.6. The van der Waals surface area contributed by atoms with Gasteiger partial charge in [-0.15, -0.1) is 11.3 Å². The summed E-state index contributed by atoms with van der Waals surface area (Å²) in [6.07, 6.45) is 3.24. The summed E-state index contributed by atoms with van der Waals surface area (Å²) in [6, 6.07) is 6.12. The fourth-order valence-electron chi connectivity index (χ4n) is 3.74. The predicted octanol–water partition coefficient (Wildman–Crippen LogP) is 2.60. The van der Waals surface area contributed by atoms with Crippen molar-refractivity contribution in [2.24, 2.45) is 7.05 Å². The Balaban J connectivity index is 1.67. The Labute approximate surface area is 164 Å². The first-order chi connectivity index (χ1) is 13.0. The minimum absolute atomic E-state index is 0.0513. The van der Waals surface area contributed by atoms with Gasteiger partial charge in [-0.1, -0.05) is 6.42 Å². The molecule has 3 heterocycles. The zero-order chi connectivity index (χ0) is 19.4. The lowest BCUT2D eigenvalue weighted by Crippen LogP contribution is -2.42. The first-order valence-corrected chi connectivity index (χ1v) is 10.3. The van der Waals surface area contributed by atoms with Crippen LogP contribution in [0.2, 0.25) is 0 Å². The minimum Gasteiger partial charge on any atom is -0.354 e. The molecule has 27 heavy (non-hydrogen) atoms. The van der Waals surface area contributed by atoms with Crippen molar-refractivity contribution in [1.82, 2.24) is 20.1 Å². The highest BCUT2D eigenvalue weighted by Gasteiger charge is 2.28. The highest BCUT2D eigenvalue weighted by molar-refractivity contribution is 7.10. The van der Waals surface area contributed by atoms with Gasteiger partial charge in [-0.3, -0.25) is 14.5 Å². The van der Waals surface area contributed by atoms with Crippen molar-refractivity contribution >= 4 is 23.2 Å². The lowest BCUT2D eigenvalue weighted by atomic mass is 9.99. The summed E-state index contributed by atoms with van der Waals surface area (Å²) in [7, 11) is 3.56. The van der Waals surface area contributed by atoms with E-state index in [1.165, 1.54) is 10.4 Å². The quantitative estimate of drug-likeness (QED) is 0.799. The maximum absolute atomic E-state index is 12.5. The van der Waals surface area contributed by atoms with Gasteiger partial charge in [-0.05, 0) is 55.5 Å². The molecule has 2 amide bonds. The van der Waals surface area contributed by atoms with Gasteiger partial charge in [-0.2, -0.15) is 0 Å². The molecule has 1 aliphatic rings. The lowest BCUT2D eigenvalue weighted by Gasteiger charge is -2.35. The second kappa shape index (κ2) is 8.71. The molecular weight excluding hydrogens is 360 g/mol. The average Bonchev–Trinajstić information content (AvgIpc) is 3.25. The number of hydrogen-bond donors (Lipinski definition) is 2. The van der Waals surface area contributed by atoms with Crippen LogP contribution in [0.5, 0.6) is 0 Å². The van der Waals surface area contributed by atoms with Gasteiger partial charge in [0, 0.05) is 24.7 Å². The van der Waals surface area contributed by atoms with Gasteiger partial charge in [0.15, 0.2) is 0 Å². The topological polar surface area (TPSA) is 66.4 Å². The van der Waals surface area contributed by atoms with Crippen molar-refractivity contribution < 1.29 is 9.59 Å². The van der Waals surface area contributed by atoms with Crippen LogP contribution in [0.4, 0.5) is 0 Å². The van der Waals surface area contributed by atoms with E-state index in [4.69, 9.17) is 0 Å². The summed E-state index contributed by atoms with van der Waals surface area (Å²) in [5.74, 6) is -0.0365. The van der Waals surface area contributed by atoms with E-state index < -0.39 is 0 Å². The van der Waals surface area contributed by atoms with Crippen molar-refractivity contribution in [2.75, 3.05) is 20.1 Å². The fraction of sp³-hybridized carbons (Fsp3) is 0.500. The Bertz CT molecular complexity index is 811. The van der Waals surface area contributed by atoms with Crippen LogP contribution < -0.4 is 10.6 Å².